The number of hydrogen-bond acceptors (Lipinski definition) is 4. The first-order valence-electron chi connectivity index (χ1n) is 11.2. The quantitative estimate of drug-likeness (QED) is 0.255. The van der Waals surface area contributed by atoms with Crippen molar-refractivity contribution in [2.24, 2.45) is 7.05 Å². The van der Waals surface area contributed by atoms with Crippen molar-refractivity contribution in [3.05, 3.63) is 88.7 Å². The number of fused-ring (bicyclic) bond motifs is 1. The molecule has 0 radical (unpaired) electrons. The summed E-state index contributed by atoms with van der Waals surface area (Å²) in [5.41, 5.74) is 5.07. The van der Waals surface area contributed by atoms with Gasteiger partial charge in [0.25, 0.3) is 0 Å². The van der Waals surface area contributed by atoms with Gasteiger partial charge in [0.05, 0.1) is 10.2 Å². The Balaban J connectivity index is 1.44. The molecule has 0 amide bonds. The highest BCUT2D eigenvalue weighted by Crippen LogP contribution is 2.33. The lowest BCUT2D eigenvalue weighted by molar-refractivity contribution is -0.140. The van der Waals surface area contributed by atoms with E-state index in [-0.39, 0.29) is 5.82 Å². The zero-order chi connectivity index (χ0) is 24.7. The fourth-order valence-electron chi connectivity index (χ4n) is 4.20. The molecule has 0 N–H and O–H groups in total. The van der Waals surface area contributed by atoms with Gasteiger partial charge < -0.3 is 4.57 Å². The van der Waals surface area contributed by atoms with Crippen LogP contribution >= 0.6 is 11.3 Å². The average molecular weight is 493 g/mol. The monoisotopic (exact) mass is 492 g/mol. The molecule has 0 fully saturated rings. The highest BCUT2D eigenvalue weighted by atomic mass is 32.1. The van der Waals surface area contributed by atoms with Gasteiger partial charge in [-0.1, -0.05) is 62.4 Å². The summed E-state index contributed by atoms with van der Waals surface area (Å²) >= 11 is 1.61. The van der Waals surface area contributed by atoms with Crippen molar-refractivity contribution in [1.29, 1.82) is 0 Å². The van der Waals surface area contributed by atoms with Gasteiger partial charge in [-0.2, -0.15) is 13.2 Å². The number of aryl methyl sites for hydroxylation is 1. The first-order valence-corrected chi connectivity index (χ1v) is 12.1. The molecule has 0 aliphatic heterocycles. The van der Waals surface area contributed by atoms with Crippen molar-refractivity contribution in [3.63, 3.8) is 0 Å². The lowest BCUT2D eigenvalue weighted by Gasteiger charge is -2.11. The number of thiophene rings is 1. The number of hydrogen-bond donors (Lipinski definition) is 0. The van der Waals surface area contributed by atoms with E-state index in [9.17, 15) is 13.2 Å². The number of alkyl halides is 3. The van der Waals surface area contributed by atoms with Gasteiger partial charge in [0, 0.05) is 37.0 Å². The van der Waals surface area contributed by atoms with Crippen LogP contribution in [0, 0.1) is 0 Å². The van der Waals surface area contributed by atoms with Crippen LogP contribution < -0.4 is 0 Å². The number of aromatic nitrogens is 4. The lowest BCUT2D eigenvalue weighted by atomic mass is 9.97. The lowest BCUT2D eigenvalue weighted by Crippen LogP contribution is -2.04. The van der Waals surface area contributed by atoms with E-state index < -0.39 is 11.9 Å². The number of imidazole rings is 1. The molecule has 35 heavy (non-hydrogen) atoms. The summed E-state index contributed by atoms with van der Waals surface area (Å²) in [5.74, 6) is 1.36. The third kappa shape index (κ3) is 4.58. The third-order valence-electron chi connectivity index (χ3n) is 5.98. The first kappa shape index (κ1) is 23.2. The molecule has 8 heteroatoms. The molecule has 3 heterocycles. The molecular weight excluding hydrogens is 469 g/mol. The Hall–Kier alpha value is -3.52. The number of halogens is 3. The summed E-state index contributed by atoms with van der Waals surface area (Å²) in [7, 11) is 1.57. The molecule has 0 aliphatic rings. The maximum Gasteiger partial charge on any atom is 0.434 e. The normalized spacial score (nSPS) is 12.1. The van der Waals surface area contributed by atoms with Gasteiger partial charge in [-0.15, -0.1) is 11.3 Å². The summed E-state index contributed by atoms with van der Waals surface area (Å²) in [6.07, 6.45) is -0.913. The molecule has 0 spiro atoms. The molecule has 0 aliphatic carbocycles. The summed E-state index contributed by atoms with van der Waals surface area (Å²) in [5, 5.41) is 2.10. The standard InChI is InChI=1S/C27H23F3N4S/c1-16(2)20-6-4-5-7-21(20)25-31-13-22-24(33-25)19(15-35-22)12-17-8-10-18(11-9-17)26-32-23(14-34(26)3)27(28,29)30/h4-11,13-16H,12H2,1-3H3. The van der Waals surface area contributed by atoms with Gasteiger partial charge in [-0.25, -0.2) is 15.0 Å². The molecule has 3 aromatic heterocycles. The summed E-state index contributed by atoms with van der Waals surface area (Å²) in [6, 6.07) is 15.7. The summed E-state index contributed by atoms with van der Waals surface area (Å²) in [4.78, 5) is 13.3. The predicted octanol–water partition coefficient (Wildman–Crippen LogP) is 7.49. The van der Waals surface area contributed by atoms with E-state index in [1.807, 2.05) is 42.6 Å². The maximum atomic E-state index is 13.0. The minimum absolute atomic E-state index is 0.283. The van der Waals surface area contributed by atoms with E-state index in [2.05, 4.69) is 41.3 Å². The highest BCUT2D eigenvalue weighted by molar-refractivity contribution is 7.17. The predicted molar refractivity (Wildman–Crippen MR) is 133 cm³/mol. The largest absolute Gasteiger partial charge is 0.434 e. The molecule has 0 saturated carbocycles. The molecule has 2 aromatic carbocycles. The first-order chi connectivity index (χ1) is 16.7. The van der Waals surface area contributed by atoms with E-state index in [1.165, 1.54) is 10.1 Å². The van der Waals surface area contributed by atoms with Gasteiger partial charge in [0.2, 0.25) is 0 Å². The van der Waals surface area contributed by atoms with Crippen LogP contribution in [0.15, 0.2) is 66.3 Å². The zero-order valence-corrected chi connectivity index (χ0v) is 20.3. The van der Waals surface area contributed by atoms with E-state index in [0.717, 1.165) is 33.1 Å². The second-order valence-corrected chi connectivity index (χ2v) is 9.75. The molecule has 5 rings (SSSR count). The summed E-state index contributed by atoms with van der Waals surface area (Å²) in [6.45, 7) is 4.32. The van der Waals surface area contributed by atoms with Gasteiger partial charge in [-0.05, 0) is 28.0 Å². The third-order valence-corrected chi connectivity index (χ3v) is 6.94. The summed E-state index contributed by atoms with van der Waals surface area (Å²) < 4.78 is 41.5. The van der Waals surface area contributed by atoms with E-state index in [4.69, 9.17) is 4.98 Å². The van der Waals surface area contributed by atoms with Crippen LogP contribution in [-0.2, 0) is 19.6 Å². The fraction of sp³-hybridized carbons (Fsp3) is 0.222. The van der Waals surface area contributed by atoms with Crippen LogP contribution in [0.2, 0.25) is 0 Å². The highest BCUT2D eigenvalue weighted by Gasteiger charge is 2.34. The van der Waals surface area contributed by atoms with Crippen molar-refractivity contribution in [3.8, 4) is 22.8 Å². The maximum absolute atomic E-state index is 13.0. The van der Waals surface area contributed by atoms with Crippen LogP contribution in [0.5, 0.6) is 0 Å². The Bertz CT molecular complexity index is 1500. The fourth-order valence-corrected chi connectivity index (χ4v) is 5.07. The Morgan fingerprint density at radius 1 is 1.00 bits per heavy atom. The average Bonchev–Trinajstić information content (AvgIpc) is 3.43. The van der Waals surface area contributed by atoms with E-state index in [1.54, 1.807) is 18.4 Å². The van der Waals surface area contributed by atoms with Crippen molar-refractivity contribution < 1.29 is 13.2 Å². The molecular formula is C27H23F3N4S. The van der Waals surface area contributed by atoms with Crippen molar-refractivity contribution in [1.82, 2.24) is 19.5 Å². The number of nitrogens with zero attached hydrogens (tertiary/aromatic N) is 4. The zero-order valence-electron chi connectivity index (χ0n) is 19.5. The van der Waals surface area contributed by atoms with Crippen LogP contribution in [-0.4, -0.2) is 19.5 Å². The molecule has 0 unspecified atom stereocenters. The van der Waals surface area contributed by atoms with Crippen LogP contribution in [0.25, 0.3) is 33.0 Å². The number of benzene rings is 2. The Labute approximate surface area is 205 Å². The number of rotatable bonds is 5. The van der Waals surface area contributed by atoms with Crippen LogP contribution in [0.1, 0.15) is 42.1 Å². The van der Waals surface area contributed by atoms with Gasteiger partial charge in [0.15, 0.2) is 11.5 Å². The Morgan fingerprint density at radius 2 is 1.74 bits per heavy atom. The molecule has 178 valence electrons. The smallest absolute Gasteiger partial charge is 0.333 e. The molecule has 0 saturated heterocycles. The van der Waals surface area contributed by atoms with Crippen LogP contribution in [0.4, 0.5) is 13.2 Å². The minimum atomic E-state index is -4.47. The van der Waals surface area contributed by atoms with Crippen molar-refractivity contribution in [2.75, 3.05) is 0 Å². The Kier molecular flexibility index (Phi) is 5.92. The molecule has 0 bridgehead atoms. The molecule has 5 aromatic rings. The van der Waals surface area contributed by atoms with Gasteiger partial charge in [-0.3, -0.25) is 0 Å². The van der Waals surface area contributed by atoms with E-state index >= 15 is 0 Å². The second-order valence-electron chi connectivity index (χ2n) is 8.84. The van der Waals surface area contributed by atoms with Crippen molar-refractivity contribution in [2.45, 2.75) is 32.4 Å². The molecule has 4 nitrogen and oxygen atoms in total. The topological polar surface area (TPSA) is 43.6 Å². The van der Waals surface area contributed by atoms with Gasteiger partial charge in [0.1, 0.15) is 5.82 Å². The molecule has 0 atom stereocenters. The Morgan fingerprint density at radius 3 is 2.43 bits per heavy atom. The SMILES string of the molecule is CC(C)c1ccccc1-c1ncc2scc(Cc3ccc(-c4nc(C(F)(F)F)cn4C)cc3)c2n1. The minimum Gasteiger partial charge on any atom is -0.333 e. The van der Waals surface area contributed by atoms with Crippen molar-refractivity contribution >= 4 is 21.6 Å². The second kappa shape index (κ2) is 8.92. The van der Waals surface area contributed by atoms with E-state index in [0.29, 0.717) is 23.7 Å². The van der Waals surface area contributed by atoms with Crippen LogP contribution in [0.3, 0.4) is 0 Å². The van der Waals surface area contributed by atoms with Gasteiger partial charge >= 0.3 is 6.18 Å².